The molecule has 0 saturated carbocycles. The lowest BCUT2D eigenvalue weighted by atomic mass is 9.94. The van der Waals surface area contributed by atoms with Crippen molar-refractivity contribution in [2.75, 3.05) is 13.2 Å². The molecule has 0 saturated heterocycles. The van der Waals surface area contributed by atoms with Crippen LogP contribution in [0.15, 0.2) is 66.7 Å². The van der Waals surface area contributed by atoms with E-state index >= 15 is 0 Å². The van der Waals surface area contributed by atoms with Gasteiger partial charge in [-0.1, -0.05) is 67.1 Å². The quantitative estimate of drug-likeness (QED) is 0.325. The molecular weight excluding hydrogens is 320 g/mol. The smallest absolute Gasteiger partial charge is 0.127 e. The van der Waals surface area contributed by atoms with Crippen LogP contribution in [-0.4, -0.2) is 18.3 Å². The third-order valence-corrected chi connectivity index (χ3v) is 5.04. The number of fused-ring (bicyclic) bond motifs is 6. The molecule has 0 spiro atoms. The van der Waals surface area contributed by atoms with Crippen LogP contribution < -0.4 is 4.74 Å². The highest BCUT2D eigenvalue weighted by atomic mass is 16.5. The van der Waals surface area contributed by atoms with Gasteiger partial charge in [0.05, 0.1) is 6.61 Å². The zero-order valence-corrected chi connectivity index (χ0v) is 14.9. The maximum Gasteiger partial charge on any atom is 0.127 e. The van der Waals surface area contributed by atoms with E-state index in [1.54, 1.807) is 0 Å². The van der Waals surface area contributed by atoms with Crippen molar-refractivity contribution in [1.82, 2.24) is 0 Å². The van der Waals surface area contributed by atoms with Gasteiger partial charge < -0.3 is 9.84 Å². The topological polar surface area (TPSA) is 29.5 Å². The standard InChI is InChI=1S/C24H24O2/c25-16-7-1-2-8-17-26-23-15-9-14-22-20-11-4-3-10-18(20)19-12-5-6-13-21(19)24(22)23/h3-6,9-15,25H,1-2,7-8,16-17H2. The lowest BCUT2D eigenvalue weighted by Crippen LogP contribution is -1.98. The van der Waals surface area contributed by atoms with Crippen LogP contribution in [0.1, 0.15) is 25.7 Å². The van der Waals surface area contributed by atoms with E-state index in [2.05, 4.69) is 66.7 Å². The van der Waals surface area contributed by atoms with Crippen LogP contribution in [0.25, 0.3) is 32.3 Å². The molecule has 2 nitrogen and oxygen atoms in total. The molecule has 0 heterocycles. The van der Waals surface area contributed by atoms with Crippen LogP contribution in [-0.2, 0) is 0 Å². The molecule has 0 aromatic heterocycles. The minimum atomic E-state index is 0.281. The molecule has 4 aromatic rings. The summed E-state index contributed by atoms with van der Waals surface area (Å²) in [6.45, 7) is 0.995. The maximum atomic E-state index is 8.88. The minimum Gasteiger partial charge on any atom is -0.493 e. The van der Waals surface area contributed by atoms with Gasteiger partial charge in [-0.15, -0.1) is 0 Å². The molecule has 4 aromatic carbocycles. The van der Waals surface area contributed by atoms with Crippen LogP contribution in [0.5, 0.6) is 5.75 Å². The summed E-state index contributed by atoms with van der Waals surface area (Å²) < 4.78 is 6.19. The first kappa shape index (κ1) is 16.9. The van der Waals surface area contributed by atoms with Gasteiger partial charge in [0.2, 0.25) is 0 Å². The monoisotopic (exact) mass is 344 g/mol. The van der Waals surface area contributed by atoms with Gasteiger partial charge in [0.1, 0.15) is 5.75 Å². The summed E-state index contributed by atoms with van der Waals surface area (Å²) in [4.78, 5) is 0. The van der Waals surface area contributed by atoms with Crippen molar-refractivity contribution in [3.63, 3.8) is 0 Å². The zero-order chi connectivity index (χ0) is 17.8. The second-order valence-corrected chi connectivity index (χ2v) is 6.76. The molecule has 0 unspecified atom stereocenters. The highest BCUT2D eigenvalue weighted by Gasteiger charge is 2.11. The maximum absolute atomic E-state index is 8.88. The van der Waals surface area contributed by atoms with E-state index < -0.39 is 0 Å². The highest BCUT2D eigenvalue weighted by molar-refractivity contribution is 6.26. The van der Waals surface area contributed by atoms with Crippen LogP contribution in [0, 0.1) is 0 Å². The minimum absolute atomic E-state index is 0.281. The van der Waals surface area contributed by atoms with Crippen molar-refractivity contribution in [2.45, 2.75) is 25.7 Å². The first-order valence-corrected chi connectivity index (χ1v) is 9.46. The molecule has 4 rings (SSSR count). The van der Waals surface area contributed by atoms with Gasteiger partial charge >= 0.3 is 0 Å². The predicted octanol–water partition coefficient (Wildman–Crippen LogP) is 6.08. The lowest BCUT2D eigenvalue weighted by Gasteiger charge is -2.14. The Hall–Kier alpha value is -2.58. The van der Waals surface area contributed by atoms with Crippen molar-refractivity contribution in [2.24, 2.45) is 0 Å². The lowest BCUT2D eigenvalue weighted by molar-refractivity contribution is 0.274. The van der Waals surface area contributed by atoms with Gasteiger partial charge in [-0.05, 0) is 52.3 Å². The summed E-state index contributed by atoms with van der Waals surface area (Å²) in [5.74, 6) is 0.964. The Balaban J connectivity index is 1.78. The fourth-order valence-electron chi connectivity index (χ4n) is 3.79. The molecular formula is C24H24O2. The van der Waals surface area contributed by atoms with Crippen molar-refractivity contribution >= 4 is 32.3 Å². The molecule has 0 radical (unpaired) electrons. The van der Waals surface area contributed by atoms with Crippen molar-refractivity contribution in [1.29, 1.82) is 0 Å². The van der Waals surface area contributed by atoms with Crippen LogP contribution in [0.2, 0.25) is 0 Å². The second-order valence-electron chi connectivity index (χ2n) is 6.76. The van der Waals surface area contributed by atoms with Crippen LogP contribution >= 0.6 is 0 Å². The summed E-state index contributed by atoms with van der Waals surface area (Å²) in [5, 5.41) is 16.4. The average molecular weight is 344 g/mol. The largest absolute Gasteiger partial charge is 0.493 e. The van der Waals surface area contributed by atoms with E-state index in [-0.39, 0.29) is 6.61 Å². The molecule has 0 aliphatic carbocycles. The molecule has 26 heavy (non-hydrogen) atoms. The van der Waals surface area contributed by atoms with E-state index in [9.17, 15) is 0 Å². The molecule has 0 aliphatic heterocycles. The Bertz CT molecular complexity index is 991. The van der Waals surface area contributed by atoms with Crippen molar-refractivity contribution in [3.8, 4) is 5.75 Å². The predicted molar refractivity (Wildman–Crippen MR) is 110 cm³/mol. The van der Waals surface area contributed by atoms with Gasteiger partial charge in [-0.3, -0.25) is 0 Å². The van der Waals surface area contributed by atoms with E-state index in [4.69, 9.17) is 9.84 Å². The molecule has 0 amide bonds. The number of rotatable bonds is 7. The zero-order valence-electron chi connectivity index (χ0n) is 14.9. The van der Waals surface area contributed by atoms with Crippen LogP contribution in [0.4, 0.5) is 0 Å². The van der Waals surface area contributed by atoms with Gasteiger partial charge in [0.25, 0.3) is 0 Å². The van der Waals surface area contributed by atoms with Crippen molar-refractivity contribution < 1.29 is 9.84 Å². The SMILES string of the molecule is OCCCCCCOc1cccc2c3ccccc3c3ccccc3c12. The van der Waals surface area contributed by atoms with E-state index in [1.807, 2.05) is 0 Å². The summed E-state index contributed by atoms with van der Waals surface area (Å²) in [7, 11) is 0. The normalized spacial score (nSPS) is 11.4. The van der Waals surface area contributed by atoms with E-state index in [1.165, 1.54) is 32.3 Å². The summed E-state index contributed by atoms with van der Waals surface area (Å²) in [6.07, 6.45) is 4.05. The number of hydrogen-bond donors (Lipinski definition) is 1. The molecule has 0 atom stereocenters. The van der Waals surface area contributed by atoms with Gasteiger partial charge in [-0.2, -0.15) is 0 Å². The summed E-state index contributed by atoms with van der Waals surface area (Å²) in [5.41, 5.74) is 0. The first-order valence-electron chi connectivity index (χ1n) is 9.46. The van der Waals surface area contributed by atoms with Gasteiger partial charge in [0, 0.05) is 12.0 Å². The number of aliphatic hydroxyl groups is 1. The third kappa shape index (κ3) is 3.13. The Labute approximate surface area is 154 Å². The highest BCUT2D eigenvalue weighted by Crippen LogP contribution is 2.39. The molecule has 0 bridgehead atoms. The molecule has 132 valence electrons. The van der Waals surface area contributed by atoms with E-state index in [0.717, 1.165) is 31.4 Å². The van der Waals surface area contributed by atoms with E-state index in [0.29, 0.717) is 6.61 Å². The molecule has 2 heteroatoms. The second kappa shape index (κ2) is 7.76. The number of hydrogen-bond acceptors (Lipinski definition) is 2. The third-order valence-electron chi connectivity index (χ3n) is 5.04. The number of unbranched alkanes of at least 4 members (excludes halogenated alkanes) is 3. The van der Waals surface area contributed by atoms with Gasteiger partial charge in [-0.25, -0.2) is 0 Å². The molecule has 0 fully saturated rings. The summed E-state index contributed by atoms with van der Waals surface area (Å²) >= 11 is 0. The Morgan fingerprint density at radius 1 is 0.577 bits per heavy atom. The fraction of sp³-hybridized carbons (Fsp3) is 0.250. The molecule has 1 N–H and O–H groups in total. The van der Waals surface area contributed by atoms with Crippen molar-refractivity contribution in [3.05, 3.63) is 66.7 Å². The Morgan fingerprint density at radius 3 is 1.77 bits per heavy atom. The average Bonchev–Trinajstić information content (AvgIpc) is 2.71. The Morgan fingerprint density at radius 2 is 1.12 bits per heavy atom. The summed E-state index contributed by atoms with van der Waals surface area (Å²) in [6, 6.07) is 23.6. The number of benzene rings is 4. The first-order chi connectivity index (χ1) is 12.9. The number of ether oxygens (including phenoxy) is 1. The Kier molecular flexibility index (Phi) is 5.03. The van der Waals surface area contributed by atoms with Gasteiger partial charge in [0.15, 0.2) is 0 Å². The van der Waals surface area contributed by atoms with Crippen LogP contribution in [0.3, 0.4) is 0 Å². The molecule has 0 aliphatic rings. The number of aliphatic hydroxyl groups excluding tert-OH is 1. The fourth-order valence-corrected chi connectivity index (χ4v) is 3.79.